The van der Waals surface area contributed by atoms with Gasteiger partial charge in [0.05, 0.1) is 19.3 Å². The number of nitrogens with one attached hydrogen (secondary N) is 1. The number of hydrazine groups is 1. The van der Waals surface area contributed by atoms with Gasteiger partial charge in [0.2, 0.25) is 0 Å². The third-order valence-electron chi connectivity index (χ3n) is 3.41. The Bertz CT molecular complexity index is 381. The van der Waals surface area contributed by atoms with Crippen molar-refractivity contribution in [1.29, 1.82) is 0 Å². The van der Waals surface area contributed by atoms with Gasteiger partial charge in [-0.15, -0.1) is 0 Å². The number of rotatable bonds is 7. The fourth-order valence-electron chi connectivity index (χ4n) is 2.40. The Labute approximate surface area is 114 Å². The second kappa shape index (κ2) is 7.45. The normalized spacial score (nSPS) is 20.4. The molecule has 0 saturated carbocycles. The van der Waals surface area contributed by atoms with Gasteiger partial charge in [-0.3, -0.25) is 11.3 Å². The predicted octanol–water partition coefficient (Wildman–Crippen LogP) is 1.25. The van der Waals surface area contributed by atoms with Crippen LogP contribution in [-0.2, 0) is 9.47 Å². The van der Waals surface area contributed by atoms with E-state index in [0.29, 0.717) is 19.1 Å². The van der Waals surface area contributed by atoms with E-state index in [4.69, 9.17) is 20.1 Å². The van der Waals surface area contributed by atoms with Gasteiger partial charge < -0.3 is 14.2 Å². The molecular weight excluding hydrogens is 244 g/mol. The summed E-state index contributed by atoms with van der Waals surface area (Å²) >= 11 is 0. The zero-order chi connectivity index (χ0) is 13.5. The highest BCUT2D eigenvalue weighted by atomic mass is 16.5. The van der Waals surface area contributed by atoms with E-state index in [-0.39, 0.29) is 6.04 Å². The first kappa shape index (κ1) is 14.3. The van der Waals surface area contributed by atoms with Crippen LogP contribution in [-0.4, -0.2) is 33.5 Å². The summed E-state index contributed by atoms with van der Waals surface area (Å²) in [5.41, 5.74) is 3.98. The summed E-state index contributed by atoms with van der Waals surface area (Å²) in [5.74, 6) is 6.96. The van der Waals surface area contributed by atoms with Crippen molar-refractivity contribution in [3.05, 3.63) is 29.8 Å². The highest BCUT2D eigenvalue weighted by molar-refractivity contribution is 5.36. The largest absolute Gasteiger partial charge is 0.491 e. The molecule has 0 bridgehead atoms. The minimum atomic E-state index is 0.0567. The summed E-state index contributed by atoms with van der Waals surface area (Å²) in [6.07, 6.45) is 1.02. The lowest BCUT2D eigenvalue weighted by Gasteiger charge is -2.24. The lowest BCUT2D eigenvalue weighted by Crippen LogP contribution is -2.34. The highest BCUT2D eigenvalue weighted by Gasteiger charge is 2.28. The van der Waals surface area contributed by atoms with Gasteiger partial charge >= 0.3 is 0 Å². The van der Waals surface area contributed by atoms with Crippen molar-refractivity contribution in [1.82, 2.24) is 5.43 Å². The molecule has 1 saturated heterocycles. The summed E-state index contributed by atoms with van der Waals surface area (Å²) in [4.78, 5) is 0. The zero-order valence-electron chi connectivity index (χ0n) is 11.3. The van der Waals surface area contributed by atoms with Crippen molar-refractivity contribution in [2.24, 2.45) is 11.8 Å². The maximum absolute atomic E-state index is 5.76. The smallest absolute Gasteiger partial charge is 0.124 e. The molecule has 0 radical (unpaired) electrons. The predicted molar refractivity (Wildman–Crippen MR) is 72.8 cm³/mol. The Kier molecular flexibility index (Phi) is 5.60. The van der Waals surface area contributed by atoms with E-state index >= 15 is 0 Å². The molecule has 0 aliphatic carbocycles. The van der Waals surface area contributed by atoms with E-state index in [9.17, 15) is 0 Å². The van der Waals surface area contributed by atoms with Gasteiger partial charge in [0.15, 0.2) is 0 Å². The second-order valence-corrected chi connectivity index (χ2v) is 4.65. The van der Waals surface area contributed by atoms with Crippen molar-refractivity contribution in [3.8, 4) is 5.75 Å². The molecule has 19 heavy (non-hydrogen) atoms. The second-order valence-electron chi connectivity index (χ2n) is 4.65. The van der Waals surface area contributed by atoms with Crippen molar-refractivity contribution >= 4 is 0 Å². The van der Waals surface area contributed by atoms with Crippen LogP contribution in [0.2, 0.25) is 0 Å². The number of hydrogen-bond donors (Lipinski definition) is 2. The quantitative estimate of drug-likeness (QED) is 0.442. The van der Waals surface area contributed by atoms with Gasteiger partial charge in [-0.2, -0.15) is 0 Å². The minimum absolute atomic E-state index is 0.0567. The van der Waals surface area contributed by atoms with E-state index in [0.717, 1.165) is 30.9 Å². The number of benzene rings is 1. The molecule has 2 unspecified atom stereocenters. The Morgan fingerprint density at radius 2 is 2.26 bits per heavy atom. The van der Waals surface area contributed by atoms with Crippen LogP contribution in [0.4, 0.5) is 0 Å². The maximum Gasteiger partial charge on any atom is 0.124 e. The van der Waals surface area contributed by atoms with Gasteiger partial charge in [-0.05, 0) is 12.5 Å². The van der Waals surface area contributed by atoms with Crippen molar-refractivity contribution < 1.29 is 14.2 Å². The average molecular weight is 266 g/mol. The average Bonchev–Trinajstić information content (AvgIpc) is 2.96. The molecule has 5 heteroatoms. The molecule has 106 valence electrons. The Balaban J connectivity index is 2.11. The van der Waals surface area contributed by atoms with Crippen LogP contribution in [0.1, 0.15) is 18.0 Å². The molecule has 0 spiro atoms. The first-order valence-electron chi connectivity index (χ1n) is 6.61. The Morgan fingerprint density at radius 3 is 2.95 bits per heavy atom. The standard InChI is InChI=1S/C14H22N2O3/c1-17-8-9-19-13-5-3-2-4-12(13)14(16-15)11-6-7-18-10-11/h2-5,11,14,16H,6-10,15H2,1H3. The van der Waals surface area contributed by atoms with Crippen molar-refractivity contribution in [2.75, 3.05) is 33.5 Å². The molecular formula is C14H22N2O3. The van der Waals surface area contributed by atoms with E-state index in [1.54, 1.807) is 7.11 Å². The van der Waals surface area contributed by atoms with Crippen molar-refractivity contribution in [2.45, 2.75) is 12.5 Å². The summed E-state index contributed by atoms with van der Waals surface area (Å²) in [6.45, 7) is 2.64. The fourth-order valence-corrected chi connectivity index (χ4v) is 2.40. The molecule has 3 N–H and O–H groups in total. The highest BCUT2D eigenvalue weighted by Crippen LogP contribution is 2.33. The molecule has 0 aromatic heterocycles. The molecule has 1 aliphatic rings. The summed E-state index contributed by atoms with van der Waals surface area (Å²) in [6, 6.07) is 8.03. The van der Waals surface area contributed by atoms with Gasteiger partial charge in [0.25, 0.3) is 0 Å². The molecule has 1 aromatic carbocycles. The first-order chi connectivity index (χ1) is 9.36. The van der Waals surface area contributed by atoms with Crippen LogP contribution in [0.5, 0.6) is 5.75 Å². The first-order valence-corrected chi connectivity index (χ1v) is 6.61. The Hall–Kier alpha value is -1.14. The number of para-hydroxylation sites is 1. The van der Waals surface area contributed by atoms with Gasteiger partial charge in [0, 0.05) is 25.2 Å². The van der Waals surface area contributed by atoms with E-state index in [1.165, 1.54) is 0 Å². The third-order valence-corrected chi connectivity index (χ3v) is 3.41. The van der Waals surface area contributed by atoms with E-state index < -0.39 is 0 Å². The summed E-state index contributed by atoms with van der Waals surface area (Å²) < 4.78 is 16.2. The minimum Gasteiger partial charge on any atom is -0.491 e. The molecule has 1 heterocycles. The molecule has 2 rings (SSSR count). The topological polar surface area (TPSA) is 65.7 Å². The van der Waals surface area contributed by atoms with Crippen LogP contribution in [0, 0.1) is 5.92 Å². The molecule has 5 nitrogen and oxygen atoms in total. The monoisotopic (exact) mass is 266 g/mol. The van der Waals surface area contributed by atoms with Crippen molar-refractivity contribution in [3.63, 3.8) is 0 Å². The van der Waals surface area contributed by atoms with Crippen LogP contribution in [0.25, 0.3) is 0 Å². The number of hydrogen-bond acceptors (Lipinski definition) is 5. The number of ether oxygens (including phenoxy) is 3. The van der Waals surface area contributed by atoms with Gasteiger partial charge in [0.1, 0.15) is 12.4 Å². The molecule has 2 atom stereocenters. The Morgan fingerprint density at radius 1 is 1.42 bits per heavy atom. The number of nitrogens with two attached hydrogens (primary N) is 1. The summed E-state index contributed by atoms with van der Waals surface area (Å²) in [7, 11) is 1.66. The SMILES string of the molecule is COCCOc1ccccc1C(NN)C1CCOC1. The fraction of sp³-hybridized carbons (Fsp3) is 0.571. The molecule has 1 fully saturated rings. The zero-order valence-corrected chi connectivity index (χ0v) is 11.3. The van der Waals surface area contributed by atoms with Gasteiger partial charge in [-0.25, -0.2) is 0 Å². The summed E-state index contributed by atoms with van der Waals surface area (Å²) in [5, 5.41) is 0. The lowest BCUT2D eigenvalue weighted by atomic mass is 9.92. The van der Waals surface area contributed by atoms with Crippen LogP contribution < -0.4 is 16.0 Å². The molecule has 1 aromatic rings. The van der Waals surface area contributed by atoms with E-state index in [2.05, 4.69) is 5.43 Å². The van der Waals surface area contributed by atoms with E-state index in [1.807, 2.05) is 24.3 Å². The molecule has 0 amide bonds. The van der Waals surface area contributed by atoms with Crippen LogP contribution >= 0.6 is 0 Å². The molecule has 1 aliphatic heterocycles. The van der Waals surface area contributed by atoms with Crippen LogP contribution in [0.3, 0.4) is 0 Å². The lowest BCUT2D eigenvalue weighted by molar-refractivity contribution is 0.144. The number of methoxy groups -OCH3 is 1. The van der Waals surface area contributed by atoms with Crippen LogP contribution in [0.15, 0.2) is 24.3 Å². The third kappa shape index (κ3) is 3.67. The van der Waals surface area contributed by atoms with Gasteiger partial charge in [-0.1, -0.05) is 18.2 Å². The maximum atomic E-state index is 5.76.